The zero-order valence-electron chi connectivity index (χ0n) is 11.7. The highest BCUT2D eigenvalue weighted by Gasteiger charge is 2.16. The zero-order chi connectivity index (χ0) is 14.4. The van der Waals surface area contributed by atoms with Crippen LogP contribution in [0.3, 0.4) is 0 Å². The van der Waals surface area contributed by atoms with E-state index in [-0.39, 0.29) is 24.4 Å². The Morgan fingerprint density at radius 3 is 2.57 bits per heavy atom. The molecule has 0 radical (unpaired) electrons. The smallest absolute Gasteiger partial charge is 0.312 e. The van der Waals surface area contributed by atoms with Crippen LogP contribution in [0.4, 0.5) is 4.79 Å². The molecule has 3 amide bonds. The summed E-state index contributed by atoms with van der Waals surface area (Å²) in [6.45, 7) is 2.21. The predicted octanol–water partition coefficient (Wildman–Crippen LogP) is 0.758. The Labute approximate surface area is 130 Å². The van der Waals surface area contributed by atoms with E-state index in [2.05, 4.69) is 16.0 Å². The second kappa shape index (κ2) is 8.49. The van der Waals surface area contributed by atoms with Crippen molar-refractivity contribution < 1.29 is 9.59 Å². The van der Waals surface area contributed by atoms with Crippen LogP contribution < -0.4 is 21.7 Å². The normalized spacial score (nSPS) is 17.4. The van der Waals surface area contributed by atoms with Gasteiger partial charge in [0, 0.05) is 24.7 Å². The Hall–Kier alpha value is -1.79. The van der Waals surface area contributed by atoms with E-state index < -0.39 is 6.03 Å². The number of amides is 3. The minimum atomic E-state index is -0.559. The van der Waals surface area contributed by atoms with Crippen LogP contribution in [-0.2, 0) is 6.54 Å². The van der Waals surface area contributed by atoms with Crippen molar-refractivity contribution in [2.75, 3.05) is 13.1 Å². The first kappa shape index (κ1) is 17.3. The van der Waals surface area contributed by atoms with Crippen LogP contribution in [0.1, 0.15) is 28.8 Å². The number of urea groups is 1. The minimum Gasteiger partial charge on any atom is -0.352 e. The van der Waals surface area contributed by atoms with Gasteiger partial charge in [-0.25, -0.2) is 4.79 Å². The lowest BCUT2D eigenvalue weighted by atomic mass is 10.1. The average Bonchev–Trinajstić information content (AvgIpc) is 2.46. The Morgan fingerprint density at radius 1 is 1.29 bits per heavy atom. The van der Waals surface area contributed by atoms with Crippen LogP contribution in [0, 0.1) is 0 Å². The Balaban J connectivity index is 0.00000220. The lowest BCUT2D eigenvalue weighted by Crippen LogP contribution is -2.45. The van der Waals surface area contributed by atoms with E-state index >= 15 is 0 Å². The molecule has 1 aliphatic rings. The van der Waals surface area contributed by atoms with Gasteiger partial charge in [0.2, 0.25) is 0 Å². The van der Waals surface area contributed by atoms with Gasteiger partial charge in [-0.2, -0.15) is 0 Å². The SMILES string of the molecule is Cl.NC(=O)NCc1ccc(C(=O)N[C@H]2CCCNC2)cc1. The van der Waals surface area contributed by atoms with Gasteiger partial charge < -0.3 is 21.7 Å². The fourth-order valence-corrected chi connectivity index (χ4v) is 2.21. The number of benzene rings is 1. The van der Waals surface area contributed by atoms with Crippen LogP contribution >= 0.6 is 12.4 Å². The maximum absolute atomic E-state index is 12.1. The average molecular weight is 313 g/mol. The molecule has 0 unspecified atom stereocenters. The molecule has 1 aromatic carbocycles. The number of nitrogens with two attached hydrogens (primary N) is 1. The monoisotopic (exact) mass is 312 g/mol. The number of nitrogens with one attached hydrogen (secondary N) is 3. The molecule has 5 N–H and O–H groups in total. The van der Waals surface area contributed by atoms with Crippen molar-refractivity contribution >= 4 is 24.3 Å². The number of carbonyl (C=O) groups excluding carboxylic acids is 2. The summed E-state index contributed by atoms with van der Waals surface area (Å²) in [5.41, 5.74) is 6.53. The second-order valence-corrected chi connectivity index (χ2v) is 4.93. The molecular formula is C14H21ClN4O2. The number of piperidine rings is 1. The van der Waals surface area contributed by atoms with Gasteiger partial charge in [-0.15, -0.1) is 12.4 Å². The number of carbonyl (C=O) groups is 2. The van der Waals surface area contributed by atoms with E-state index in [1.807, 2.05) is 12.1 Å². The lowest BCUT2D eigenvalue weighted by molar-refractivity contribution is 0.0930. The molecule has 1 atom stereocenters. The molecule has 116 valence electrons. The number of halogens is 1. The first-order valence-corrected chi connectivity index (χ1v) is 6.79. The molecule has 21 heavy (non-hydrogen) atoms. The van der Waals surface area contributed by atoms with E-state index in [4.69, 9.17) is 5.73 Å². The van der Waals surface area contributed by atoms with Crippen LogP contribution in [0.2, 0.25) is 0 Å². The number of rotatable bonds is 4. The fraction of sp³-hybridized carbons (Fsp3) is 0.429. The van der Waals surface area contributed by atoms with Gasteiger partial charge in [-0.05, 0) is 37.1 Å². The van der Waals surface area contributed by atoms with Crippen LogP contribution in [0.15, 0.2) is 24.3 Å². The maximum atomic E-state index is 12.1. The van der Waals surface area contributed by atoms with Gasteiger partial charge >= 0.3 is 6.03 Å². The van der Waals surface area contributed by atoms with E-state index in [0.717, 1.165) is 31.5 Å². The molecule has 6 nitrogen and oxygen atoms in total. The van der Waals surface area contributed by atoms with Crippen molar-refractivity contribution in [2.24, 2.45) is 5.73 Å². The molecule has 0 aliphatic carbocycles. The van der Waals surface area contributed by atoms with E-state index in [0.29, 0.717) is 12.1 Å². The van der Waals surface area contributed by atoms with Crippen molar-refractivity contribution in [3.8, 4) is 0 Å². The summed E-state index contributed by atoms with van der Waals surface area (Å²) < 4.78 is 0. The summed E-state index contributed by atoms with van der Waals surface area (Å²) in [7, 11) is 0. The standard InChI is InChI=1S/C14H20N4O2.ClH/c15-14(20)17-8-10-3-5-11(6-4-10)13(19)18-12-2-1-7-16-9-12;/h3-6,12,16H,1-2,7-9H2,(H,18,19)(H3,15,17,20);1H/t12-;/m0./s1. The maximum Gasteiger partial charge on any atom is 0.312 e. The van der Waals surface area contributed by atoms with Gasteiger partial charge in [0.05, 0.1) is 0 Å². The Morgan fingerprint density at radius 2 is 2.00 bits per heavy atom. The molecule has 1 heterocycles. The minimum absolute atomic E-state index is 0. The highest BCUT2D eigenvalue weighted by molar-refractivity contribution is 5.94. The van der Waals surface area contributed by atoms with Gasteiger partial charge in [-0.3, -0.25) is 4.79 Å². The Bertz CT molecular complexity index is 472. The van der Waals surface area contributed by atoms with Gasteiger partial charge in [0.1, 0.15) is 0 Å². The summed E-state index contributed by atoms with van der Waals surface area (Å²) in [5.74, 6) is -0.0619. The molecule has 2 rings (SSSR count). The van der Waals surface area contributed by atoms with Crippen molar-refractivity contribution in [1.29, 1.82) is 0 Å². The van der Waals surface area contributed by atoms with Crippen molar-refractivity contribution in [3.63, 3.8) is 0 Å². The van der Waals surface area contributed by atoms with Gasteiger partial charge in [0.25, 0.3) is 5.91 Å². The van der Waals surface area contributed by atoms with Gasteiger partial charge in [0.15, 0.2) is 0 Å². The third-order valence-corrected chi connectivity index (χ3v) is 3.31. The van der Waals surface area contributed by atoms with Crippen LogP contribution in [-0.4, -0.2) is 31.1 Å². The van der Waals surface area contributed by atoms with Gasteiger partial charge in [-0.1, -0.05) is 12.1 Å². The molecule has 7 heteroatoms. The molecule has 1 saturated heterocycles. The fourth-order valence-electron chi connectivity index (χ4n) is 2.21. The van der Waals surface area contributed by atoms with E-state index in [1.165, 1.54) is 0 Å². The summed E-state index contributed by atoms with van der Waals surface area (Å²) in [4.78, 5) is 22.7. The molecule has 0 spiro atoms. The summed E-state index contributed by atoms with van der Waals surface area (Å²) in [6.07, 6.45) is 2.10. The van der Waals surface area contributed by atoms with E-state index in [1.54, 1.807) is 12.1 Å². The first-order chi connectivity index (χ1) is 9.65. The van der Waals surface area contributed by atoms with Crippen molar-refractivity contribution in [1.82, 2.24) is 16.0 Å². The molecule has 1 fully saturated rings. The Kier molecular flexibility index (Phi) is 6.98. The number of primary amides is 1. The zero-order valence-corrected chi connectivity index (χ0v) is 12.5. The van der Waals surface area contributed by atoms with Crippen molar-refractivity contribution in [3.05, 3.63) is 35.4 Å². The third kappa shape index (κ3) is 5.61. The quantitative estimate of drug-likeness (QED) is 0.661. The highest BCUT2D eigenvalue weighted by atomic mass is 35.5. The third-order valence-electron chi connectivity index (χ3n) is 3.31. The topological polar surface area (TPSA) is 96.2 Å². The lowest BCUT2D eigenvalue weighted by Gasteiger charge is -2.23. The number of hydrogen-bond acceptors (Lipinski definition) is 3. The van der Waals surface area contributed by atoms with E-state index in [9.17, 15) is 9.59 Å². The molecule has 1 aliphatic heterocycles. The molecule has 0 bridgehead atoms. The largest absolute Gasteiger partial charge is 0.352 e. The molecule has 0 saturated carbocycles. The summed E-state index contributed by atoms with van der Waals surface area (Å²) in [6, 6.07) is 6.77. The highest BCUT2D eigenvalue weighted by Crippen LogP contribution is 2.07. The predicted molar refractivity (Wildman–Crippen MR) is 83.5 cm³/mol. The van der Waals surface area contributed by atoms with Crippen LogP contribution in [0.5, 0.6) is 0 Å². The summed E-state index contributed by atoms with van der Waals surface area (Å²) >= 11 is 0. The van der Waals surface area contributed by atoms with Crippen molar-refractivity contribution in [2.45, 2.75) is 25.4 Å². The second-order valence-electron chi connectivity index (χ2n) is 4.93. The summed E-state index contributed by atoms with van der Waals surface area (Å²) in [5, 5.41) is 8.78. The molecule has 1 aromatic rings. The molecule has 0 aromatic heterocycles. The molecular weight excluding hydrogens is 292 g/mol. The van der Waals surface area contributed by atoms with Crippen LogP contribution in [0.25, 0.3) is 0 Å². The first-order valence-electron chi connectivity index (χ1n) is 6.79. The number of hydrogen-bond donors (Lipinski definition) is 4.